The third-order valence-electron chi connectivity index (χ3n) is 4.05. The minimum Gasteiger partial charge on any atom is -0.314 e. The summed E-state index contributed by atoms with van der Waals surface area (Å²) in [6.07, 6.45) is 0. The van der Waals surface area contributed by atoms with E-state index in [0.717, 1.165) is 32.7 Å². The summed E-state index contributed by atoms with van der Waals surface area (Å²) in [5, 5.41) is 3.44. The van der Waals surface area contributed by atoms with Crippen molar-refractivity contribution in [2.24, 2.45) is 0 Å². The van der Waals surface area contributed by atoms with Gasteiger partial charge in [-0.3, -0.25) is 4.90 Å². The number of likely N-dealkylation sites (N-methyl/N-ethyl adjacent to an activating group) is 1. The minimum atomic E-state index is 0.511. The zero-order valence-corrected chi connectivity index (χ0v) is 12.7. The third kappa shape index (κ3) is 3.78. The smallest absolute Gasteiger partial charge is 0.0476 e. The molecule has 0 bridgehead atoms. The summed E-state index contributed by atoms with van der Waals surface area (Å²) in [5.41, 5.74) is 4.24. The van der Waals surface area contributed by atoms with Crippen molar-refractivity contribution in [2.45, 2.75) is 19.9 Å². The molecule has 1 unspecified atom stereocenters. The summed E-state index contributed by atoms with van der Waals surface area (Å²) >= 11 is 0. The van der Waals surface area contributed by atoms with Gasteiger partial charge in [-0.25, -0.2) is 0 Å². The van der Waals surface area contributed by atoms with Gasteiger partial charge in [0.05, 0.1) is 0 Å². The molecular formula is C16H27N3. The van der Waals surface area contributed by atoms with E-state index in [0.29, 0.717) is 6.04 Å². The SMILES string of the molecule is Cc1ccc(C(CN(C)C)N2CCNCC2)cc1C. The molecule has 0 spiro atoms. The molecule has 3 heteroatoms. The van der Waals surface area contributed by atoms with E-state index in [-0.39, 0.29) is 0 Å². The molecule has 1 heterocycles. The average molecular weight is 261 g/mol. The molecule has 1 aromatic rings. The lowest BCUT2D eigenvalue weighted by Crippen LogP contribution is -2.47. The minimum absolute atomic E-state index is 0.511. The van der Waals surface area contributed by atoms with Gasteiger partial charge in [-0.05, 0) is 44.6 Å². The van der Waals surface area contributed by atoms with Gasteiger partial charge in [-0.15, -0.1) is 0 Å². The highest BCUT2D eigenvalue weighted by molar-refractivity contribution is 5.32. The monoisotopic (exact) mass is 261 g/mol. The zero-order valence-electron chi connectivity index (χ0n) is 12.7. The number of nitrogens with zero attached hydrogens (tertiary/aromatic N) is 2. The number of benzene rings is 1. The summed E-state index contributed by atoms with van der Waals surface area (Å²) in [5.74, 6) is 0. The highest BCUT2D eigenvalue weighted by atomic mass is 15.2. The molecule has 2 rings (SSSR count). The predicted molar refractivity (Wildman–Crippen MR) is 81.7 cm³/mol. The number of aryl methyl sites for hydroxylation is 2. The molecule has 3 nitrogen and oxygen atoms in total. The Morgan fingerprint density at radius 2 is 1.84 bits per heavy atom. The van der Waals surface area contributed by atoms with Crippen molar-refractivity contribution >= 4 is 0 Å². The Balaban J connectivity index is 2.22. The number of hydrogen-bond acceptors (Lipinski definition) is 3. The molecular weight excluding hydrogens is 234 g/mol. The van der Waals surface area contributed by atoms with Gasteiger partial charge < -0.3 is 10.2 Å². The van der Waals surface area contributed by atoms with E-state index < -0.39 is 0 Å². The van der Waals surface area contributed by atoms with Gasteiger partial charge in [0.1, 0.15) is 0 Å². The van der Waals surface area contributed by atoms with Crippen molar-refractivity contribution in [1.82, 2.24) is 15.1 Å². The van der Waals surface area contributed by atoms with Crippen LogP contribution in [0.1, 0.15) is 22.7 Å². The number of hydrogen-bond donors (Lipinski definition) is 1. The van der Waals surface area contributed by atoms with Crippen LogP contribution in [0.15, 0.2) is 18.2 Å². The maximum atomic E-state index is 3.44. The lowest BCUT2D eigenvalue weighted by atomic mass is 9.99. The van der Waals surface area contributed by atoms with Crippen molar-refractivity contribution in [2.75, 3.05) is 46.8 Å². The highest BCUT2D eigenvalue weighted by Crippen LogP contribution is 2.24. The molecule has 0 amide bonds. The Morgan fingerprint density at radius 1 is 1.16 bits per heavy atom. The second kappa shape index (κ2) is 6.51. The van der Waals surface area contributed by atoms with Gasteiger partial charge >= 0.3 is 0 Å². The second-order valence-corrected chi connectivity index (χ2v) is 5.91. The quantitative estimate of drug-likeness (QED) is 0.892. The largest absolute Gasteiger partial charge is 0.314 e. The fraction of sp³-hybridized carbons (Fsp3) is 0.625. The lowest BCUT2D eigenvalue weighted by Gasteiger charge is -2.36. The van der Waals surface area contributed by atoms with E-state index in [9.17, 15) is 0 Å². The van der Waals surface area contributed by atoms with Crippen LogP contribution in [-0.4, -0.2) is 56.6 Å². The van der Waals surface area contributed by atoms with E-state index in [1.807, 2.05) is 0 Å². The number of piperazine rings is 1. The Bertz CT molecular complexity index is 408. The van der Waals surface area contributed by atoms with Gasteiger partial charge in [-0.1, -0.05) is 18.2 Å². The fourth-order valence-electron chi connectivity index (χ4n) is 2.74. The predicted octanol–water partition coefficient (Wildman–Crippen LogP) is 1.81. The fourth-order valence-corrected chi connectivity index (χ4v) is 2.74. The summed E-state index contributed by atoms with van der Waals surface area (Å²) in [4.78, 5) is 4.91. The van der Waals surface area contributed by atoms with Crippen molar-refractivity contribution in [3.8, 4) is 0 Å². The van der Waals surface area contributed by atoms with Crippen LogP contribution in [0.5, 0.6) is 0 Å². The van der Waals surface area contributed by atoms with Crippen molar-refractivity contribution in [1.29, 1.82) is 0 Å². The molecule has 0 saturated carbocycles. The highest BCUT2D eigenvalue weighted by Gasteiger charge is 2.22. The summed E-state index contributed by atoms with van der Waals surface area (Å²) < 4.78 is 0. The van der Waals surface area contributed by atoms with Crippen LogP contribution in [0.4, 0.5) is 0 Å². The molecule has 1 atom stereocenters. The third-order valence-corrected chi connectivity index (χ3v) is 4.05. The molecule has 106 valence electrons. The average Bonchev–Trinajstić information content (AvgIpc) is 2.40. The first-order chi connectivity index (χ1) is 9.08. The first-order valence-corrected chi connectivity index (χ1v) is 7.24. The molecule has 1 fully saturated rings. The summed E-state index contributed by atoms with van der Waals surface area (Å²) in [6, 6.07) is 7.44. The number of rotatable bonds is 4. The molecule has 19 heavy (non-hydrogen) atoms. The maximum Gasteiger partial charge on any atom is 0.0476 e. The van der Waals surface area contributed by atoms with E-state index in [1.54, 1.807) is 0 Å². The van der Waals surface area contributed by atoms with Crippen molar-refractivity contribution < 1.29 is 0 Å². The van der Waals surface area contributed by atoms with Crippen LogP contribution >= 0.6 is 0 Å². The zero-order chi connectivity index (χ0) is 13.8. The van der Waals surface area contributed by atoms with Crippen molar-refractivity contribution in [3.05, 3.63) is 34.9 Å². The first-order valence-electron chi connectivity index (χ1n) is 7.24. The molecule has 0 aliphatic carbocycles. The molecule has 1 aromatic carbocycles. The van der Waals surface area contributed by atoms with E-state index in [2.05, 4.69) is 61.3 Å². The Labute approximate surface area is 117 Å². The number of nitrogens with one attached hydrogen (secondary N) is 1. The van der Waals surface area contributed by atoms with Crippen LogP contribution in [-0.2, 0) is 0 Å². The van der Waals surface area contributed by atoms with Crippen LogP contribution in [0, 0.1) is 13.8 Å². The van der Waals surface area contributed by atoms with Gasteiger partial charge in [-0.2, -0.15) is 0 Å². The Hall–Kier alpha value is -0.900. The lowest BCUT2D eigenvalue weighted by molar-refractivity contribution is 0.144. The van der Waals surface area contributed by atoms with E-state index in [4.69, 9.17) is 0 Å². The van der Waals surface area contributed by atoms with E-state index >= 15 is 0 Å². The van der Waals surface area contributed by atoms with Gasteiger partial charge in [0.2, 0.25) is 0 Å². The van der Waals surface area contributed by atoms with Gasteiger partial charge in [0.25, 0.3) is 0 Å². The topological polar surface area (TPSA) is 18.5 Å². The van der Waals surface area contributed by atoms with Crippen LogP contribution in [0.3, 0.4) is 0 Å². The summed E-state index contributed by atoms with van der Waals surface area (Å²) in [6.45, 7) is 9.98. The summed E-state index contributed by atoms with van der Waals surface area (Å²) in [7, 11) is 4.33. The van der Waals surface area contributed by atoms with Gasteiger partial charge in [0, 0.05) is 38.8 Å². The van der Waals surface area contributed by atoms with Crippen LogP contribution in [0.2, 0.25) is 0 Å². The van der Waals surface area contributed by atoms with Crippen LogP contribution < -0.4 is 5.32 Å². The molecule has 1 N–H and O–H groups in total. The maximum absolute atomic E-state index is 3.44. The second-order valence-electron chi connectivity index (χ2n) is 5.91. The molecule has 0 aromatic heterocycles. The standard InChI is InChI=1S/C16H27N3/c1-13-5-6-15(11-14(13)2)16(12-18(3)4)19-9-7-17-8-10-19/h5-6,11,16-17H,7-10,12H2,1-4H3. The molecule has 0 radical (unpaired) electrons. The first kappa shape index (κ1) is 14.5. The normalized spacial score (nSPS) is 18.8. The molecule has 1 aliphatic heterocycles. The van der Waals surface area contributed by atoms with Gasteiger partial charge in [0.15, 0.2) is 0 Å². The Kier molecular flexibility index (Phi) is 4.97. The molecule has 1 aliphatic rings. The van der Waals surface area contributed by atoms with Crippen LogP contribution in [0.25, 0.3) is 0 Å². The molecule has 1 saturated heterocycles. The van der Waals surface area contributed by atoms with Crippen molar-refractivity contribution in [3.63, 3.8) is 0 Å². The Morgan fingerprint density at radius 3 is 2.42 bits per heavy atom. The van der Waals surface area contributed by atoms with E-state index in [1.165, 1.54) is 16.7 Å².